The molecule has 19 heavy (non-hydrogen) atoms. The van der Waals surface area contributed by atoms with Gasteiger partial charge in [0.25, 0.3) is 0 Å². The van der Waals surface area contributed by atoms with E-state index in [2.05, 4.69) is 15.9 Å². The van der Waals surface area contributed by atoms with Crippen molar-refractivity contribution in [3.8, 4) is 0 Å². The third-order valence-corrected chi connectivity index (χ3v) is 4.26. The van der Waals surface area contributed by atoms with Crippen molar-refractivity contribution in [3.05, 3.63) is 34.3 Å². The Kier molecular flexibility index (Phi) is 4.75. The summed E-state index contributed by atoms with van der Waals surface area (Å²) in [6.07, 6.45) is 3.51. The van der Waals surface area contributed by atoms with Gasteiger partial charge in [-0.1, -0.05) is 40.9 Å². The SMILES string of the molecule is COC(=O)[C@@H]1CCCC[C@@H]1C(=O)c1ccc(Br)cc1. The quantitative estimate of drug-likeness (QED) is 0.630. The van der Waals surface area contributed by atoms with Gasteiger partial charge in [0, 0.05) is 16.0 Å². The number of carbonyl (C=O) groups is 2. The van der Waals surface area contributed by atoms with Crippen LogP contribution in [-0.2, 0) is 9.53 Å². The van der Waals surface area contributed by atoms with Crippen molar-refractivity contribution < 1.29 is 14.3 Å². The first-order valence-corrected chi connectivity index (χ1v) is 7.30. The van der Waals surface area contributed by atoms with E-state index in [1.807, 2.05) is 12.1 Å². The molecule has 0 N–H and O–H groups in total. The van der Waals surface area contributed by atoms with Gasteiger partial charge in [-0.05, 0) is 25.0 Å². The monoisotopic (exact) mass is 324 g/mol. The maximum atomic E-state index is 12.5. The first-order chi connectivity index (χ1) is 9.13. The lowest BCUT2D eigenvalue weighted by atomic mass is 9.75. The molecule has 1 aromatic carbocycles. The van der Waals surface area contributed by atoms with Gasteiger partial charge in [-0.15, -0.1) is 0 Å². The van der Waals surface area contributed by atoms with Crippen molar-refractivity contribution >= 4 is 27.7 Å². The first-order valence-electron chi connectivity index (χ1n) is 6.51. The van der Waals surface area contributed by atoms with Crippen molar-refractivity contribution in [2.24, 2.45) is 11.8 Å². The van der Waals surface area contributed by atoms with Crippen molar-refractivity contribution in [3.63, 3.8) is 0 Å². The van der Waals surface area contributed by atoms with Crippen LogP contribution in [-0.4, -0.2) is 18.9 Å². The Bertz CT molecular complexity index is 467. The summed E-state index contributed by atoms with van der Waals surface area (Å²) >= 11 is 3.35. The van der Waals surface area contributed by atoms with Crippen LogP contribution in [0.2, 0.25) is 0 Å². The van der Waals surface area contributed by atoms with Gasteiger partial charge in [-0.3, -0.25) is 9.59 Å². The summed E-state index contributed by atoms with van der Waals surface area (Å²) in [5, 5.41) is 0. The number of ketones is 1. The molecule has 0 heterocycles. The van der Waals surface area contributed by atoms with Crippen LogP contribution < -0.4 is 0 Å². The van der Waals surface area contributed by atoms with Gasteiger partial charge in [0.15, 0.2) is 5.78 Å². The van der Waals surface area contributed by atoms with Crippen LogP contribution in [0.3, 0.4) is 0 Å². The number of carbonyl (C=O) groups excluding carboxylic acids is 2. The summed E-state index contributed by atoms with van der Waals surface area (Å²) in [5.74, 6) is -0.713. The zero-order valence-electron chi connectivity index (χ0n) is 10.9. The molecule has 0 unspecified atom stereocenters. The van der Waals surface area contributed by atoms with E-state index >= 15 is 0 Å². The molecule has 0 saturated heterocycles. The largest absolute Gasteiger partial charge is 0.469 e. The summed E-state index contributed by atoms with van der Waals surface area (Å²) < 4.78 is 5.77. The minimum Gasteiger partial charge on any atom is -0.469 e. The molecule has 3 nitrogen and oxygen atoms in total. The number of Topliss-reactive ketones (excluding diaryl/α,β-unsaturated/α-hetero) is 1. The van der Waals surface area contributed by atoms with E-state index in [-0.39, 0.29) is 23.6 Å². The van der Waals surface area contributed by atoms with Gasteiger partial charge >= 0.3 is 5.97 Å². The maximum absolute atomic E-state index is 12.5. The van der Waals surface area contributed by atoms with Crippen LogP contribution >= 0.6 is 15.9 Å². The fourth-order valence-corrected chi connectivity index (χ4v) is 2.97. The Morgan fingerprint density at radius 3 is 2.26 bits per heavy atom. The third-order valence-electron chi connectivity index (χ3n) is 3.74. The standard InChI is InChI=1S/C15H17BrO3/c1-19-15(18)13-5-3-2-4-12(13)14(17)10-6-8-11(16)9-7-10/h6-9,12-13H,2-5H2,1H3/t12-,13+/m0/s1. The smallest absolute Gasteiger partial charge is 0.309 e. The molecule has 1 aliphatic carbocycles. The van der Waals surface area contributed by atoms with Crippen LogP contribution in [0, 0.1) is 11.8 Å². The molecular weight excluding hydrogens is 308 g/mol. The van der Waals surface area contributed by atoms with E-state index in [1.165, 1.54) is 7.11 Å². The second-order valence-electron chi connectivity index (χ2n) is 4.89. The highest BCUT2D eigenvalue weighted by atomic mass is 79.9. The molecule has 1 saturated carbocycles. The summed E-state index contributed by atoms with van der Waals surface area (Å²) in [7, 11) is 1.39. The molecular formula is C15H17BrO3. The van der Waals surface area contributed by atoms with Crippen molar-refractivity contribution in [1.29, 1.82) is 0 Å². The molecule has 0 spiro atoms. The minimum absolute atomic E-state index is 0.0580. The lowest BCUT2D eigenvalue weighted by Crippen LogP contribution is -2.33. The van der Waals surface area contributed by atoms with Crippen LogP contribution in [0.5, 0.6) is 0 Å². The fourth-order valence-electron chi connectivity index (χ4n) is 2.71. The van der Waals surface area contributed by atoms with Crippen molar-refractivity contribution in [2.45, 2.75) is 25.7 Å². The Labute approximate surface area is 121 Å². The summed E-state index contributed by atoms with van der Waals surface area (Å²) in [6.45, 7) is 0. The Balaban J connectivity index is 2.20. The highest BCUT2D eigenvalue weighted by Gasteiger charge is 2.36. The second-order valence-corrected chi connectivity index (χ2v) is 5.81. The average Bonchev–Trinajstić information content (AvgIpc) is 2.46. The number of halogens is 1. The molecule has 0 aromatic heterocycles. The fraction of sp³-hybridized carbons (Fsp3) is 0.467. The molecule has 0 amide bonds. The van der Waals surface area contributed by atoms with Crippen LogP contribution in [0.1, 0.15) is 36.0 Å². The average molecular weight is 325 g/mol. The van der Waals surface area contributed by atoms with Gasteiger partial charge in [-0.25, -0.2) is 0 Å². The molecule has 1 fully saturated rings. The molecule has 0 aliphatic heterocycles. The number of esters is 1. The Hall–Kier alpha value is -1.16. The summed E-state index contributed by atoms with van der Waals surface area (Å²) in [4.78, 5) is 24.3. The van der Waals surface area contributed by atoms with Crippen molar-refractivity contribution in [2.75, 3.05) is 7.11 Å². The van der Waals surface area contributed by atoms with Gasteiger partial charge in [-0.2, -0.15) is 0 Å². The Morgan fingerprint density at radius 2 is 1.68 bits per heavy atom. The third kappa shape index (κ3) is 3.24. The van der Waals surface area contributed by atoms with Crippen LogP contribution in [0.15, 0.2) is 28.7 Å². The van der Waals surface area contributed by atoms with E-state index in [1.54, 1.807) is 12.1 Å². The predicted molar refractivity (Wildman–Crippen MR) is 75.9 cm³/mol. The lowest BCUT2D eigenvalue weighted by molar-refractivity contribution is -0.147. The zero-order valence-corrected chi connectivity index (χ0v) is 12.5. The predicted octanol–water partition coefficient (Wildman–Crippen LogP) is 3.61. The normalized spacial score (nSPS) is 22.8. The molecule has 102 valence electrons. The second kappa shape index (κ2) is 6.33. The molecule has 2 atom stereocenters. The van der Waals surface area contributed by atoms with Gasteiger partial charge in [0.2, 0.25) is 0 Å². The Morgan fingerprint density at radius 1 is 1.11 bits per heavy atom. The lowest BCUT2D eigenvalue weighted by Gasteiger charge is -2.28. The maximum Gasteiger partial charge on any atom is 0.309 e. The van der Waals surface area contributed by atoms with E-state index in [0.717, 1.165) is 30.2 Å². The number of rotatable bonds is 3. The molecule has 1 aromatic rings. The van der Waals surface area contributed by atoms with E-state index < -0.39 is 0 Å². The number of ether oxygens (including phenoxy) is 1. The summed E-state index contributed by atoms with van der Waals surface area (Å²) in [5.41, 5.74) is 0.670. The van der Waals surface area contributed by atoms with Crippen LogP contribution in [0.4, 0.5) is 0 Å². The minimum atomic E-state index is -0.283. The molecule has 1 aliphatic rings. The summed E-state index contributed by atoms with van der Waals surface area (Å²) in [6, 6.07) is 7.30. The first kappa shape index (κ1) is 14.3. The zero-order chi connectivity index (χ0) is 13.8. The van der Waals surface area contributed by atoms with E-state index in [0.29, 0.717) is 5.56 Å². The molecule has 2 rings (SSSR count). The molecule has 0 bridgehead atoms. The number of methoxy groups -OCH3 is 1. The highest BCUT2D eigenvalue weighted by Crippen LogP contribution is 2.33. The van der Waals surface area contributed by atoms with Crippen LogP contribution in [0.25, 0.3) is 0 Å². The van der Waals surface area contributed by atoms with E-state index in [4.69, 9.17) is 4.74 Å². The molecule has 4 heteroatoms. The number of benzene rings is 1. The number of hydrogen-bond donors (Lipinski definition) is 0. The highest BCUT2D eigenvalue weighted by molar-refractivity contribution is 9.10. The van der Waals surface area contributed by atoms with Gasteiger partial charge < -0.3 is 4.74 Å². The van der Waals surface area contributed by atoms with Gasteiger partial charge in [0.1, 0.15) is 0 Å². The topological polar surface area (TPSA) is 43.4 Å². The number of hydrogen-bond acceptors (Lipinski definition) is 3. The van der Waals surface area contributed by atoms with Crippen molar-refractivity contribution in [1.82, 2.24) is 0 Å². The molecule has 0 radical (unpaired) electrons. The van der Waals surface area contributed by atoms with E-state index in [9.17, 15) is 9.59 Å². The van der Waals surface area contributed by atoms with Gasteiger partial charge in [0.05, 0.1) is 13.0 Å².